The third-order valence-electron chi connectivity index (χ3n) is 8.96. The van der Waals surface area contributed by atoms with Crippen LogP contribution in [0.4, 0.5) is 0 Å². The lowest BCUT2D eigenvalue weighted by Gasteiger charge is -2.46. The van der Waals surface area contributed by atoms with Gasteiger partial charge in [0.15, 0.2) is 0 Å². The predicted octanol–water partition coefficient (Wildman–Crippen LogP) is 6.31. The molecule has 4 nitrogen and oxygen atoms in total. The summed E-state index contributed by atoms with van der Waals surface area (Å²) in [7, 11) is 0. The van der Waals surface area contributed by atoms with E-state index in [1.165, 1.54) is 41.8 Å². The van der Waals surface area contributed by atoms with Gasteiger partial charge in [-0.3, -0.25) is 4.98 Å². The summed E-state index contributed by atoms with van der Waals surface area (Å²) in [5.74, 6) is 0. The van der Waals surface area contributed by atoms with Gasteiger partial charge in [0.2, 0.25) is 0 Å². The monoisotopic (exact) mass is 468 g/mol. The zero-order chi connectivity index (χ0) is 22.8. The van der Waals surface area contributed by atoms with E-state index in [2.05, 4.69) is 42.7 Å². The fourth-order valence-corrected chi connectivity index (χ4v) is 7.83. The van der Waals surface area contributed by atoms with Crippen LogP contribution in [0.25, 0.3) is 0 Å². The van der Waals surface area contributed by atoms with Crippen LogP contribution in [0, 0.1) is 0 Å². The van der Waals surface area contributed by atoms with Gasteiger partial charge in [0.1, 0.15) is 6.10 Å². The number of hydrogen-bond donors (Lipinski definition) is 1. The maximum Gasteiger partial charge on any atom is 0.104 e. The van der Waals surface area contributed by atoms with Crippen LogP contribution in [-0.4, -0.2) is 36.9 Å². The molecule has 2 aromatic rings. The van der Waals surface area contributed by atoms with Gasteiger partial charge in [-0.25, -0.2) is 0 Å². The highest BCUT2D eigenvalue weighted by Gasteiger charge is 2.48. The van der Waals surface area contributed by atoms with Gasteiger partial charge >= 0.3 is 0 Å². The lowest BCUT2D eigenvalue weighted by Crippen LogP contribution is -2.47. The molecule has 2 atom stereocenters. The quantitative estimate of drug-likeness (QED) is 0.461. The summed E-state index contributed by atoms with van der Waals surface area (Å²) in [6, 6.07) is 8.77. The number of nitrogens with zero attached hydrogens (tertiary/aromatic N) is 1. The number of pyridine rings is 1. The van der Waals surface area contributed by atoms with E-state index >= 15 is 0 Å². The molecule has 1 spiro atoms. The maximum absolute atomic E-state index is 6.45. The van der Waals surface area contributed by atoms with Gasteiger partial charge in [0.25, 0.3) is 0 Å². The number of aromatic nitrogens is 1. The second-order valence-corrected chi connectivity index (χ2v) is 11.5. The number of rotatable bonds is 8. The molecule has 0 radical (unpaired) electrons. The smallest absolute Gasteiger partial charge is 0.104 e. The summed E-state index contributed by atoms with van der Waals surface area (Å²) in [6.45, 7) is 8.17. The Morgan fingerprint density at radius 2 is 1.97 bits per heavy atom. The van der Waals surface area contributed by atoms with Gasteiger partial charge < -0.3 is 14.8 Å². The van der Waals surface area contributed by atoms with Crippen molar-refractivity contribution in [1.82, 2.24) is 10.3 Å². The molecule has 1 saturated carbocycles. The Bertz CT molecular complexity index is 904. The van der Waals surface area contributed by atoms with Crippen LogP contribution in [0.3, 0.4) is 0 Å². The van der Waals surface area contributed by atoms with Crippen molar-refractivity contribution in [2.45, 2.75) is 94.2 Å². The largest absolute Gasteiger partial charge is 0.375 e. The summed E-state index contributed by atoms with van der Waals surface area (Å²) in [5.41, 5.74) is 3.18. The van der Waals surface area contributed by atoms with E-state index in [0.29, 0.717) is 0 Å². The molecule has 1 saturated heterocycles. The second kappa shape index (κ2) is 9.77. The molecule has 2 aromatic heterocycles. The minimum atomic E-state index is 0.0811. The molecule has 2 fully saturated rings. The minimum Gasteiger partial charge on any atom is -0.375 e. The van der Waals surface area contributed by atoms with E-state index in [1.807, 2.05) is 23.6 Å². The molecule has 0 aromatic carbocycles. The summed E-state index contributed by atoms with van der Waals surface area (Å²) < 4.78 is 12.9. The molecule has 1 N–H and O–H groups in total. The predicted molar refractivity (Wildman–Crippen MR) is 135 cm³/mol. The van der Waals surface area contributed by atoms with Crippen molar-refractivity contribution >= 4 is 11.3 Å². The minimum absolute atomic E-state index is 0.0811. The van der Waals surface area contributed by atoms with Crippen molar-refractivity contribution in [1.29, 1.82) is 0 Å². The van der Waals surface area contributed by atoms with Crippen LogP contribution in [0.15, 0.2) is 35.8 Å². The highest BCUT2D eigenvalue weighted by molar-refractivity contribution is 7.10. The Hall–Kier alpha value is -1.27. The molecule has 2 aliphatic heterocycles. The first kappa shape index (κ1) is 23.5. The molecule has 33 heavy (non-hydrogen) atoms. The van der Waals surface area contributed by atoms with Crippen LogP contribution in [-0.2, 0) is 20.3 Å². The lowest BCUT2D eigenvalue weighted by molar-refractivity contribution is -0.104. The van der Waals surface area contributed by atoms with Crippen molar-refractivity contribution < 1.29 is 9.47 Å². The Morgan fingerprint density at radius 1 is 1.12 bits per heavy atom. The summed E-state index contributed by atoms with van der Waals surface area (Å²) in [5, 5.41) is 6.04. The molecule has 5 heteroatoms. The van der Waals surface area contributed by atoms with E-state index in [1.54, 1.807) is 0 Å². The molecule has 0 amide bonds. The fourth-order valence-electron chi connectivity index (χ4n) is 6.77. The van der Waals surface area contributed by atoms with E-state index in [9.17, 15) is 0 Å². The molecule has 1 unspecified atom stereocenters. The first-order valence-corrected chi connectivity index (χ1v) is 14.0. The number of fused-ring (bicyclic) bond motifs is 1. The van der Waals surface area contributed by atoms with E-state index in [4.69, 9.17) is 14.5 Å². The first-order valence-electron chi connectivity index (χ1n) is 13.1. The fraction of sp³-hybridized carbons (Fsp3) is 0.679. The Morgan fingerprint density at radius 3 is 2.73 bits per heavy atom. The second-order valence-electron chi connectivity index (χ2n) is 10.6. The maximum atomic E-state index is 6.45. The van der Waals surface area contributed by atoms with Crippen molar-refractivity contribution in [3.05, 3.63) is 52.0 Å². The van der Waals surface area contributed by atoms with Gasteiger partial charge in [0, 0.05) is 40.7 Å². The number of ether oxygens (including phenoxy) is 2. The van der Waals surface area contributed by atoms with E-state index < -0.39 is 0 Å². The number of nitrogens with one attached hydrogen (secondary N) is 1. The van der Waals surface area contributed by atoms with E-state index in [-0.39, 0.29) is 22.5 Å². The summed E-state index contributed by atoms with van der Waals surface area (Å²) in [6.07, 6.45) is 12.7. The third-order valence-corrected chi connectivity index (χ3v) is 9.96. The summed E-state index contributed by atoms with van der Waals surface area (Å²) in [4.78, 5) is 6.29. The average Bonchev–Trinajstić information content (AvgIpc) is 3.53. The Kier molecular flexibility index (Phi) is 6.95. The van der Waals surface area contributed by atoms with Crippen LogP contribution in [0.1, 0.15) is 93.9 Å². The lowest BCUT2D eigenvalue weighted by atomic mass is 9.68. The normalized spacial score (nSPS) is 28.1. The Balaban J connectivity index is 1.26. The van der Waals surface area contributed by atoms with Crippen molar-refractivity contribution in [3.63, 3.8) is 0 Å². The highest BCUT2D eigenvalue weighted by Crippen LogP contribution is 2.50. The molecule has 4 heterocycles. The summed E-state index contributed by atoms with van der Waals surface area (Å²) >= 11 is 1.87. The number of hydrogen-bond acceptors (Lipinski definition) is 5. The molecular weight excluding hydrogens is 428 g/mol. The topological polar surface area (TPSA) is 43.4 Å². The molecule has 0 bridgehead atoms. The molecule has 5 rings (SSSR count). The van der Waals surface area contributed by atoms with Crippen LogP contribution in [0.2, 0.25) is 0 Å². The van der Waals surface area contributed by atoms with Crippen LogP contribution < -0.4 is 5.32 Å². The van der Waals surface area contributed by atoms with E-state index in [0.717, 1.165) is 58.4 Å². The molecular formula is C28H40N2O2S. The Labute approximate surface area is 203 Å². The molecule has 3 aliphatic rings. The standard InChI is InChI=1S/C28H40N2O2S/c1-3-26(4-2)21-31-23(25-22(26)10-18-33-25)19-29-16-13-27(24-9-5-8-15-30-24)14-17-32-28(20-27)11-6-7-12-28/h5,8-10,15,18,23,29H,3-4,6-7,11-14,16-17,19-21H2,1-2H3/t23?,27-/m1/s1. The third kappa shape index (κ3) is 4.42. The van der Waals surface area contributed by atoms with Gasteiger partial charge in [0.05, 0.1) is 12.2 Å². The first-order chi connectivity index (χ1) is 16.1. The van der Waals surface area contributed by atoms with Gasteiger partial charge in [-0.2, -0.15) is 0 Å². The molecule has 1 aliphatic carbocycles. The van der Waals surface area contributed by atoms with Crippen molar-refractivity contribution in [3.8, 4) is 0 Å². The average molecular weight is 469 g/mol. The zero-order valence-corrected chi connectivity index (χ0v) is 21.2. The molecule has 180 valence electrons. The van der Waals surface area contributed by atoms with Gasteiger partial charge in [-0.1, -0.05) is 32.8 Å². The number of thiophene rings is 1. The van der Waals surface area contributed by atoms with Gasteiger partial charge in [-0.15, -0.1) is 11.3 Å². The zero-order valence-electron chi connectivity index (χ0n) is 20.4. The van der Waals surface area contributed by atoms with Crippen molar-refractivity contribution in [2.24, 2.45) is 0 Å². The highest BCUT2D eigenvalue weighted by atomic mass is 32.1. The van der Waals surface area contributed by atoms with Gasteiger partial charge in [-0.05, 0) is 80.6 Å². The van der Waals surface area contributed by atoms with Crippen molar-refractivity contribution in [2.75, 3.05) is 26.3 Å². The van der Waals surface area contributed by atoms with Crippen LogP contribution >= 0.6 is 11.3 Å². The van der Waals surface area contributed by atoms with Crippen LogP contribution in [0.5, 0.6) is 0 Å². The SMILES string of the molecule is CCC1(CC)COC(CNCC[C@@]2(c3ccccn3)CCOC3(CCCC3)C2)c2sccc21.